The summed E-state index contributed by atoms with van der Waals surface area (Å²) >= 11 is 6.32. The average molecular weight is 397 g/mol. The molecule has 0 bridgehead atoms. The number of hydrogen-bond acceptors (Lipinski definition) is 3. The smallest absolute Gasteiger partial charge is 0.257 e. The molecule has 26 heavy (non-hydrogen) atoms. The molecule has 2 aromatic rings. The second-order valence-corrected chi connectivity index (χ2v) is 7.00. The van der Waals surface area contributed by atoms with E-state index in [9.17, 15) is 4.79 Å². The summed E-state index contributed by atoms with van der Waals surface area (Å²) in [5, 5.41) is 8.50. The number of carbonyl (C=O) groups is 1. The molecule has 1 aromatic heterocycles. The van der Waals surface area contributed by atoms with Crippen LogP contribution < -0.4 is 5.32 Å². The zero-order valence-corrected chi connectivity index (χ0v) is 16.8. The Morgan fingerprint density at radius 2 is 2.00 bits per heavy atom. The largest absolute Gasteiger partial charge is 0.339 e. The van der Waals surface area contributed by atoms with Crippen molar-refractivity contribution in [3.63, 3.8) is 0 Å². The number of piperidine rings is 1. The molecule has 1 N–H and O–H groups in total. The molecule has 0 spiro atoms. The number of benzene rings is 1. The number of nitrogens with zero attached hydrogens (tertiary/aromatic N) is 3. The summed E-state index contributed by atoms with van der Waals surface area (Å²) in [5.74, 6) is 0.700. The lowest BCUT2D eigenvalue weighted by Gasteiger charge is -2.32. The number of likely N-dealkylation sites (tertiary alicyclic amines) is 1. The molecule has 2 heterocycles. The highest BCUT2D eigenvalue weighted by molar-refractivity contribution is 6.33. The molecule has 0 radical (unpaired) electrons. The molecule has 3 rings (SSSR count). The van der Waals surface area contributed by atoms with Crippen LogP contribution in [0.3, 0.4) is 0 Å². The summed E-state index contributed by atoms with van der Waals surface area (Å²) in [4.78, 5) is 15.0. The molecule has 142 valence electrons. The Labute approximate surface area is 166 Å². The van der Waals surface area contributed by atoms with Crippen LogP contribution in [0, 0.1) is 5.92 Å². The Balaban J connectivity index is 0.00000243. The predicted octanol–water partition coefficient (Wildman–Crippen LogP) is 3.62. The fourth-order valence-electron chi connectivity index (χ4n) is 3.36. The molecule has 0 atom stereocenters. The van der Waals surface area contributed by atoms with Gasteiger partial charge in [0.15, 0.2) is 0 Å². The van der Waals surface area contributed by atoms with E-state index in [1.54, 1.807) is 10.9 Å². The standard InChI is InChI=1S/C19H25ClN4O.ClH/c1-3-21-12-14-8-10-24(11-9-14)19(25)16-13-23(2)22-18(16)15-6-4-5-7-17(15)20;/h4-7,13-14,21H,3,8-12H2,1-2H3;1H. The maximum absolute atomic E-state index is 13.1. The molecule has 5 nitrogen and oxygen atoms in total. The van der Waals surface area contributed by atoms with Gasteiger partial charge in [-0.15, -0.1) is 12.4 Å². The van der Waals surface area contributed by atoms with Crippen molar-refractivity contribution in [3.05, 3.63) is 41.0 Å². The molecule has 7 heteroatoms. The summed E-state index contributed by atoms with van der Waals surface area (Å²) < 4.78 is 1.68. The van der Waals surface area contributed by atoms with Gasteiger partial charge >= 0.3 is 0 Å². The Kier molecular flexibility index (Phi) is 7.50. The first-order valence-electron chi connectivity index (χ1n) is 8.88. The zero-order valence-electron chi connectivity index (χ0n) is 15.2. The third-order valence-electron chi connectivity index (χ3n) is 4.77. The van der Waals surface area contributed by atoms with Crippen molar-refractivity contribution in [2.24, 2.45) is 13.0 Å². The van der Waals surface area contributed by atoms with Gasteiger partial charge in [-0.1, -0.05) is 36.7 Å². The van der Waals surface area contributed by atoms with Gasteiger partial charge in [-0.3, -0.25) is 9.48 Å². The summed E-state index contributed by atoms with van der Waals surface area (Å²) in [5.41, 5.74) is 2.09. The minimum Gasteiger partial charge on any atom is -0.339 e. The van der Waals surface area contributed by atoms with Crippen LogP contribution in [-0.4, -0.2) is 46.8 Å². The monoisotopic (exact) mass is 396 g/mol. The third kappa shape index (κ3) is 4.58. The van der Waals surface area contributed by atoms with Gasteiger partial charge in [-0.05, 0) is 37.9 Å². The number of aromatic nitrogens is 2. The maximum Gasteiger partial charge on any atom is 0.257 e. The highest BCUT2D eigenvalue weighted by Crippen LogP contribution is 2.30. The number of rotatable bonds is 5. The SMILES string of the molecule is CCNCC1CCN(C(=O)c2cn(C)nc2-c2ccccc2Cl)CC1.Cl. The summed E-state index contributed by atoms with van der Waals surface area (Å²) in [6.45, 7) is 5.75. The second kappa shape index (κ2) is 9.40. The lowest BCUT2D eigenvalue weighted by atomic mass is 9.96. The van der Waals surface area contributed by atoms with Crippen molar-refractivity contribution in [2.75, 3.05) is 26.2 Å². The minimum atomic E-state index is 0. The quantitative estimate of drug-likeness (QED) is 0.839. The highest BCUT2D eigenvalue weighted by atomic mass is 35.5. The van der Waals surface area contributed by atoms with Crippen molar-refractivity contribution in [3.8, 4) is 11.3 Å². The number of halogens is 2. The van der Waals surface area contributed by atoms with Crippen LogP contribution in [0.15, 0.2) is 30.5 Å². The molecule has 0 aliphatic carbocycles. The van der Waals surface area contributed by atoms with Gasteiger partial charge in [-0.25, -0.2) is 0 Å². The Morgan fingerprint density at radius 1 is 1.31 bits per heavy atom. The number of amides is 1. The van der Waals surface area contributed by atoms with E-state index < -0.39 is 0 Å². The third-order valence-corrected chi connectivity index (χ3v) is 5.10. The fourth-order valence-corrected chi connectivity index (χ4v) is 3.58. The molecule has 1 amide bonds. The molecule has 1 aliphatic rings. The van der Waals surface area contributed by atoms with Gasteiger partial charge < -0.3 is 10.2 Å². The topological polar surface area (TPSA) is 50.2 Å². The molecule has 0 saturated carbocycles. The van der Waals surface area contributed by atoms with Crippen LogP contribution >= 0.6 is 24.0 Å². The lowest BCUT2D eigenvalue weighted by Crippen LogP contribution is -2.40. The Hall–Kier alpha value is -1.56. The Morgan fingerprint density at radius 3 is 2.65 bits per heavy atom. The van der Waals surface area contributed by atoms with Crippen molar-refractivity contribution >= 4 is 29.9 Å². The van der Waals surface area contributed by atoms with E-state index in [2.05, 4.69) is 17.3 Å². The van der Waals surface area contributed by atoms with Crippen LogP contribution in [0.5, 0.6) is 0 Å². The van der Waals surface area contributed by atoms with E-state index in [0.29, 0.717) is 22.2 Å². The first-order chi connectivity index (χ1) is 12.1. The molecular formula is C19H26Cl2N4O. The fraction of sp³-hybridized carbons (Fsp3) is 0.474. The molecule has 1 fully saturated rings. The molecule has 1 aromatic carbocycles. The van der Waals surface area contributed by atoms with E-state index in [1.165, 1.54) is 0 Å². The normalized spacial score (nSPS) is 15.0. The van der Waals surface area contributed by atoms with Gasteiger partial charge in [0.05, 0.1) is 10.6 Å². The number of nitrogens with one attached hydrogen (secondary N) is 1. The van der Waals surface area contributed by atoms with Gasteiger partial charge in [0.1, 0.15) is 5.69 Å². The van der Waals surface area contributed by atoms with Crippen LogP contribution in [0.1, 0.15) is 30.1 Å². The molecule has 1 saturated heterocycles. The van der Waals surface area contributed by atoms with Crippen LogP contribution in [0.4, 0.5) is 0 Å². The number of hydrogen-bond donors (Lipinski definition) is 1. The highest BCUT2D eigenvalue weighted by Gasteiger charge is 2.27. The number of aryl methyl sites for hydroxylation is 1. The minimum absolute atomic E-state index is 0. The lowest BCUT2D eigenvalue weighted by molar-refractivity contribution is 0.0691. The number of carbonyl (C=O) groups excluding carboxylic acids is 1. The van der Waals surface area contributed by atoms with Crippen molar-refractivity contribution in [2.45, 2.75) is 19.8 Å². The van der Waals surface area contributed by atoms with E-state index in [1.807, 2.05) is 36.2 Å². The van der Waals surface area contributed by atoms with E-state index >= 15 is 0 Å². The van der Waals surface area contributed by atoms with E-state index in [4.69, 9.17) is 11.6 Å². The average Bonchev–Trinajstić information content (AvgIpc) is 3.01. The molecular weight excluding hydrogens is 371 g/mol. The van der Waals surface area contributed by atoms with Crippen molar-refractivity contribution < 1.29 is 4.79 Å². The van der Waals surface area contributed by atoms with Crippen LogP contribution in [-0.2, 0) is 7.05 Å². The predicted molar refractivity (Wildman–Crippen MR) is 108 cm³/mol. The maximum atomic E-state index is 13.1. The van der Waals surface area contributed by atoms with Crippen LogP contribution in [0.2, 0.25) is 5.02 Å². The Bertz CT molecular complexity index is 739. The van der Waals surface area contributed by atoms with Crippen molar-refractivity contribution in [1.82, 2.24) is 20.0 Å². The summed E-state index contributed by atoms with van der Waals surface area (Å²) in [7, 11) is 1.83. The van der Waals surface area contributed by atoms with Gasteiger partial charge in [0, 0.05) is 31.9 Å². The van der Waals surface area contributed by atoms with Crippen LogP contribution in [0.25, 0.3) is 11.3 Å². The van der Waals surface area contributed by atoms with E-state index in [-0.39, 0.29) is 18.3 Å². The van der Waals surface area contributed by atoms with Gasteiger partial charge in [-0.2, -0.15) is 5.10 Å². The first-order valence-corrected chi connectivity index (χ1v) is 9.26. The first kappa shape index (κ1) is 20.7. The summed E-state index contributed by atoms with van der Waals surface area (Å²) in [6.07, 6.45) is 3.88. The van der Waals surface area contributed by atoms with Crippen molar-refractivity contribution in [1.29, 1.82) is 0 Å². The second-order valence-electron chi connectivity index (χ2n) is 6.59. The summed E-state index contributed by atoms with van der Waals surface area (Å²) in [6, 6.07) is 7.53. The van der Waals surface area contributed by atoms with Gasteiger partial charge in [0.25, 0.3) is 5.91 Å². The molecule has 0 unspecified atom stereocenters. The van der Waals surface area contributed by atoms with E-state index in [0.717, 1.165) is 44.6 Å². The molecule has 1 aliphatic heterocycles. The zero-order chi connectivity index (χ0) is 17.8. The van der Waals surface area contributed by atoms with Gasteiger partial charge in [0.2, 0.25) is 0 Å².